The Morgan fingerprint density at radius 1 is 1.03 bits per heavy atom. The molecule has 2 amide bonds. The minimum Gasteiger partial charge on any atom is -0.494 e. The average molecular weight is 538 g/mol. The van der Waals surface area contributed by atoms with Crippen molar-refractivity contribution in [2.45, 2.75) is 26.4 Å². The van der Waals surface area contributed by atoms with E-state index in [1.165, 1.54) is 0 Å². The zero-order valence-corrected chi connectivity index (χ0v) is 22.5. The van der Waals surface area contributed by atoms with Gasteiger partial charge in [0.15, 0.2) is 0 Å². The summed E-state index contributed by atoms with van der Waals surface area (Å²) in [6.07, 6.45) is 2.03. The van der Waals surface area contributed by atoms with E-state index in [1.807, 2.05) is 102 Å². The van der Waals surface area contributed by atoms with Crippen molar-refractivity contribution in [3.05, 3.63) is 125 Å². The maximum Gasteiger partial charge on any atom is 0.323 e. The van der Waals surface area contributed by atoms with E-state index in [4.69, 9.17) is 21.4 Å². The van der Waals surface area contributed by atoms with E-state index in [0.29, 0.717) is 23.9 Å². The summed E-state index contributed by atoms with van der Waals surface area (Å²) in [5, 5.41) is 8.43. The van der Waals surface area contributed by atoms with Crippen molar-refractivity contribution < 1.29 is 9.53 Å². The van der Waals surface area contributed by atoms with Crippen LogP contribution in [0.25, 0.3) is 11.5 Å². The van der Waals surface area contributed by atoms with Gasteiger partial charge in [-0.3, -0.25) is 0 Å². The summed E-state index contributed by atoms with van der Waals surface area (Å²) < 4.78 is 9.93. The zero-order valence-electron chi connectivity index (χ0n) is 21.7. The molecule has 0 spiro atoms. The quantitative estimate of drug-likeness (QED) is 0.259. The van der Waals surface area contributed by atoms with Gasteiger partial charge < -0.3 is 19.5 Å². The minimum absolute atomic E-state index is 0.262. The fraction of sp³-hybridized carbons (Fsp3) is 0.161. The van der Waals surface area contributed by atoms with Crippen molar-refractivity contribution in [3.8, 4) is 17.3 Å². The zero-order chi connectivity index (χ0) is 26.9. The molecule has 0 saturated heterocycles. The molecule has 0 radical (unpaired) electrons. The minimum atomic E-state index is -0.404. The molecule has 0 aliphatic carbocycles. The van der Waals surface area contributed by atoms with Crippen molar-refractivity contribution in [2.75, 3.05) is 11.9 Å². The van der Waals surface area contributed by atoms with E-state index in [9.17, 15) is 4.79 Å². The number of fused-ring (bicyclic) bond motifs is 3. The summed E-state index contributed by atoms with van der Waals surface area (Å²) in [4.78, 5) is 15.9. The van der Waals surface area contributed by atoms with Gasteiger partial charge in [0.2, 0.25) is 0 Å². The van der Waals surface area contributed by atoms with Gasteiger partial charge in [0.1, 0.15) is 11.6 Å². The number of hydrogen-bond acceptors (Lipinski definition) is 3. The molecule has 1 atom stereocenters. The molecule has 1 aliphatic heterocycles. The second-order valence-corrected chi connectivity index (χ2v) is 9.79. The molecule has 1 aliphatic rings. The van der Waals surface area contributed by atoms with Crippen LogP contribution in [0.5, 0.6) is 5.75 Å². The van der Waals surface area contributed by atoms with Gasteiger partial charge in [-0.2, -0.15) is 5.10 Å². The highest BCUT2D eigenvalue weighted by molar-refractivity contribution is 6.33. The number of amides is 2. The maximum absolute atomic E-state index is 14.1. The lowest BCUT2D eigenvalue weighted by molar-refractivity contribution is 0.194. The van der Waals surface area contributed by atoms with Crippen molar-refractivity contribution in [1.29, 1.82) is 0 Å². The Bertz CT molecular complexity index is 1640. The number of aromatic nitrogens is 3. The van der Waals surface area contributed by atoms with E-state index in [-0.39, 0.29) is 6.03 Å². The van der Waals surface area contributed by atoms with Gasteiger partial charge in [0.25, 0.3) is 0 Å². The van der Waals surface area contributed by atoms with Crippen LogP contribution in [-0.2, 0) is 6.54 Å². The van der Waals surface area contributed by atoms with Gasteiger partial charge in [-0.05, 0) is 67.9 Å². The van der Waals surface area contributed by atoms with Crippen LogP contribution in [0.3, 0.4) is 0 Å². The van der Waals surface area contributed by atoms with Gasteiger partial charge >= 0.3 is 6.03 Å². The number of rotatable bonds is 5. The predicted octanol–water partition coefficient (Wildman–Crippen LogP) is 7.16. The van der Waals surface area contributed by atoms with Crippen LogP contribution < -0.4 is 10.1 Å². The van der Waals surface area contributed by atoms with E-state index in [1.54, 1.807) is 12.1 Å². The fourth-order valence-corrected chi connectivity index (χ4v) is 5.37. The number of carbonyl (C=O) groups excluding carboxylic acids is 1. The highest BCUT2D eigenvalue weighted by Gasteiger charge is 2.36. The van der Waals surface area contributed by atoms with Gasteiger partial charge in [0.05, 0.1) is 47.0 Å². The Hall–Kier alpha value is -4.49. The smallest absolute Gasteiger partial charge is 0.323 e. The SMILES string of the molecule is CCOc1cccc(C2c3cccn3-c3c(c(C)nn3-c3ccccc3)CN2C(=O)Nc2ccccc2Cl)c1. The number of anilines is 1. The van der Waals surface area contributed by atoms with E-state index in [2.05, 4.69) is 16.0 Å². The van der Waals surface area contributed by atoms with Gasteiger partial charge in [-0.15, -0.1) is 0 Å². The first-order chi connectivity index (χ1) is 19.0. The number of nitrogens with one attached hydrogen (secondary N) is 1. The second kappa shape index (κ2) is 10.3. The number of carbonyl (C=O) groups is 1. The summed E-state index contributed by atoms with van der Waals surface area (Å²) in [6.45, 7) is 4.84. The fourth-order valence-electron chi connectivity index (χ4n) is 5.19. The van der Waals surface area contributed by atoms with Crippen LogP contribution in [0, 0.1) is 6.92 Å². The maximum atomic E-state index is 14.1. The molecule has 7 nitrogen and oxygen atoms in total. The van der Waals surface area contributed by atoms with E-state index < -0.39 is 6.04 Å². The number of urea groups is 1. The lowest BCUT2D eigenvalue weighted by atomic mass is 10.0. The van der Waals surface area contributed by atoms with Crippen LogP contribution >= 0.6 is 11.6 Å². The number of hydrogen-bond donors (Lipinski definition) is 1. The Morgan fingerprint density at radius 3 is 2.62 bits per heavy atom. The molecular weight excluding hydrogens is 510 g/mol. The topological polar surface area (TPSA) is 64.3 Å². The highest BCUT2D eigenvalue weighted by atomic mass is 35.5. The molecule has 6 rings (SSSR count). The van der Waals surface area contributed by atoms with Crippen LogP contribution in [-0.4, -0.2) is 31.9 Å². The van der Waals surface area contributed by atoms with Crippen molar-refractivity contribution >= 4 is 23.3 Å². The summed E-state index contributed by atoms with van der Waals surface area (Å²) in [7, 11) is 0. The number of para-hydroxylation sites is 2. The molecule has 0 fully saturated rings. The molecule has 8 heteroatoms. The average Bonchev–Trinajstić information content (AvgIpc) is 3.51. The first kappa shape index (κ1) is 24.8. The molecule has 3 heterocycles. The Balaban J connectivity index is 1.54. The first-order valence-corrected chi connectivity index (χ1v) is 13.3. The molecule has 2 aromatic heterocycles. The lowest BCUT2D eigenvalue weighted by Crippen LogP contribution is -2.38. The molecule has 1 N–H and O–H groups in total. The first-order valence-electron chi connectivity index (χ1n) is 12.9. The summed E-state index contributed by atoms with van der Waals surface area (Å²) in [5.74, 6) is 1.67. The third-order valence-corrected chi connectivity index (χ3v) is 7.28. The summed E-state index contributed by atoms with van der Waals surface area (Å²) >= 11 is 6.42. The number of aryl methyl sites for hydroxylation is 1. The van der Waals surface area contributed by atoms with Crippen LogP contribution in [0.2, 0.25) is 5.02 Å². The Morgan fingerprint density at radius 2 is 1.82 bits per heavy atom. The van der Waals surface area contributed by atoms with Crippen molar-refractivity contribution in [2.24, 2.45) is 0 Å². The Kier molecular flexibility index (Phi) is 6.59. The second-order valence-electron chi connectivity index (χ2n) is 9.38. The standard InChI is InChI=1S/C31H28ClN5O2/c1-3-39-24-14-9-11-22(19-24)29-28-17-10-18-35(28)30-25(21(2)34-37(30)23-12-5-4-6-13-23)20-36(29)31(38)33-27-16-8-7-15-26(27)32/h4-19,29H,3,20H2,1-2H3,(H,33,38). The molecular formula is C31H28ClN5O2. The molecule has 1 unspecified atom stereocenters. The summed E-state index contributed by atoms with van der Waals surface area (Å²) in [5.41, 5.74) is 5.21. The molecule has 196 valence electrons. The van der Waals surface area contributed by atoms with Crippen molar-refractivity contribution in [1.82, 2.24) is 19.2 Å². The predicted molar refractivity (Wildman–Crippen MR) is 153 cm³/mol. The van der Waals surface area contributed by atoms with Gasteiger partial charge in [-0.25, -0.2) is 9.48 Å². The largest absolute Gasteiger partial charge is 0.494 e. The van der Waals surface area contributed by atoms with Crippen LogP contribution in [0.1, 0.15) is 35.5 Å². The third kappa shape index (κ3) is 4.55. The highest BCUT2D eigenvalue weighted by Crippen LogP contribution is 2.39. The molecule has 0 bridgehead atoms. The number of benzene rings is 3. The van der Waals surface area contributed by atoms with E-state index in [0.717, 1.165) is 39.8 Å². The van der Waals surface area contributed by atoms with Gasteiger partial charge in [0, 0.05) is 11.8 Å². The summed E-state index contributed by atoms with van der Waals surface area (Å²) in [6, 6.07) is 28.6. The molecule has 39 heavy (non-hydrogen) atoms. The van der Waals surface area contributed by atoms with Crippen molar-refractivity contribution in [3.63, 3.8) is 0 Å². The number of nitrogens with zero attached hydrogens (tertiary/aromatic N) is 4. The molecule has 0 saturated carbocycles. The van der Waals surface area contributed by atoms with Gasteiger partial charge in [-0.1, -0.05) is 54.1 Å². The number of ether oxygens (including phenoxy) is 1. The molecule has 5 aromatic rings. The monoisotopic (exact) mass is 537 g/mol. The lowest BCUT2D eigenvalue weighted by Gasteiger charge is -2.31. The van der Waals surface area contributed by atoms with Crippen LogP contribution in [0.4, 0.5) is 10.5 Å². The van der Waals surface area contributed by atoms with E-state index >= 15 is 0 Å². The normalized spacial score (nSPS) is 14.3. The third-order valence-electron chi connectivity index (χ3n) is 6.95. The van der Waals surface area contributed by atoms with Crippen LogP contribution in [0.15, 0.2) is 97.2 Å². The Labute approximate surface area is 232 Å². The number of halogens is 1. The molecule has 3 aromatic carbocycles.